The van der Waals surface area contributed by atoms with Gasteiger partial charge in [0.15, 0.2) is 0 Å². The van der Waals surface area contributed by atoms with Gasteiger partial charge in [0.05, 0.1) is 34.5 Å². The lowest BCUT2D eigenvalue weighted by Gasteiger charge is -2.30. The summed E-state index contributed by atoms with van der Waals surface area (Å²) in [5.74, 6) is -0.977. The summed E-state index contributed by atoms with van der Waals surface area (Å²) in [5.41, 5.74) is 2.38. The Morgan fingerprint density at radius 3 is 2.55 bits per heavy atom. The number of halogens is 2. The number of rotatable bonds is 8. The number of imide groups is 1. The minimum atomic E-state index is -0.541. The predicted molar refractivity (Wildman–Crippen MR) is 153 cm³/mol. The summed E-state index contributed by atoms with van der Waals surface area (Å²) in [6.45, 7) is 2.17. The summed E-state index contributed by atoms with van der Waals surface area (Å²) in [5, 5.41) is 2.60. The second-order valence-electron chi connectivity index (χ2n) is 8.99. The van der Waals surface area contributed by atoms with Crippen LogP contribution in [0.3, 0.4) is 0 Å². The molecule has 1 N–H and O–H groups in total. The van der Waals surface area contributed by atoms with Crippen molar-refractivity contribution < 1.29 is 28.2 Å². The Hall–Kier alpha value is -3.86. The highest BCUT2D eigenvalue weighted by Gasteiger charge is 2.36. The quantitative estimate of drug-likeness (QED) is 0.348. The fourth-order valence-electron chi connectivity index (χ4n) is 4.27. The highest BCUT2D eigenvalue weighted by molar-refractivity contribution is 8.18. The number of benzene rings is 3. The van der Waals surface area contributed by atoms with Gasteiger partial charge in [-0.2, -0.15) is 0 Å². The third-order valence-electron chi connectivity index (χ3n) is 6.33. The van der Waals surface area contributed by atoms with Crippen LogP contribution in [0, 0.1) is 5.82 Å². The molecule has 8 nitrogen and oxygen atoms in total. The first-order chi connectivity index (χ1) is 19.4. The van der Waals surface area contributed by atoms with Crippen LogP contribution in [0.2, 0.25) is 5.02 Å². The highest BCUT2D eigenvalue weighted by Crippen LogP contribution is 2.33. The molecule has 0 spiro atoms. The van der Waals surface area contributed by atoms with Crippen molar-refractivity contribution in [2.75, 3.05) is 43.1 Å². The molecule has 0 bridgehead atoms. The molecule has 0 aliphatic carbocycles. The number of hydrogen-bond acceptors (Lipinski definition) is 7. The minimum absolute atomic E-state index is 0.0390. The van der Waals surface area contributed by atoms with Crippen LogP contribution in [-0.2, 0) is 20.9 Å². The lowest BCUT2D eigenvalue weighted by Crippen LogP contribution is -2.38. The largest absolute Gasteiger partial charge is 0.489 e. The zero-order valence-corrected chi connectivity index (χ0v) is 22.8. The van der Waals surface area contributed by atoms with Gasteiger partial charge in [-0.25, -0.2) is 4.39 Å². The van der Waals surface area contributed by atoms with Crippen LogP contribution in [-0.4, -0.2) is 54.8 Å². The van der Waals surface area contributed by atoms with Crippen molar-refractivity contribution in [3.05, 3.63) is 93.6 Å². The standard InChI is InChI=1S/C29H25ClFN3O5S/c30-22-4-3-5-23(31)21(22)18-39-20-10-8-19(9-11-20)16-26-28(36)34(29(37)40-26)17-27(35)32-24-6-1-2-7-25(24)33-12-14-38-15-13-33/h1-11,16H,12-15,17-18H2,(H,32,35)/b26-16-. The zero-order valence-electron chi connectivity index (χ0n) is 21.3. The van der Waals surface area contributed by atoms with E-state index in [4.69, 9.17) is 21.1 Å². The van der Waals surface area contributed by atoms with Crippen molar-refractivity contribution in [3.63, 3.8) is 0 Å². The maximum Gasteiger partial charge on any atom is 0.294 e. The first-order valence-electron chi connectivity index (χ1n) is 12.5. The molecule has 2 aliphatic rings. The average Bonchev–Trinajstić information content (AvgIpc) is 3.21. The van der Waals surface area contributed by atoms with Gasteiger partial charge < -0.3 is 19.7 Å². The van der Waals surface area contributed by atoms with Gasteiger partial charge in [0, 0.05) is 18.7 Å². The second kappa shape index (κ2) is 12.5. The molecular formula is C29H25ClFN3O5S. The minimum Gasteiger partial charge on any atom is -0.489 e. The molecule has 0 radical (unpaired) electrons. The highest BCUT2D eigenvalue weighted by atomic mass is 35.5. The fourth-order valence-corrected chi connectivity index (χ4v) is 5.32. The SMILES string of the molecule is O=C(CN1C(=O)S/C(=C\c2ccc(OCc3c(F)cccc3Cl)cc2)C1=O)Nc1ccccc1N1CCOCC1. The maximum absolute atomic E-state index is 14.0. The summed E-state index contributed by atoms with van der Waals surface area (Å²) in [6, 6.07) is 18.6. The van der Waals surface area contributed by atoms with E-state index in [2.05, 4.69) is 10.2 Å². The average molecular weight is 582 g/mol. The van der Waals surface area contributed by atoms with E-state index in [1.807, 2.05) is 18.2 Å². The van der Waals surface area contributed by atoms with E-state index in [-0.39, 0.29) is 22.1 Å². The van der Waals surface area contributed by atoms with Crippen molar-refractivity contribution in [2.45, 2.75) is 6.61 Å². The van der Waals surface area contributed by atoms with Crippen molar-refractivity contribution in [3.8, 4) is 5.75 Å². The lowest BCUT2D eigenvalue weighted by molar-refractivity contribution is -0.127. The van der Waals surface area contributed by atoms with Gasteiger partial charge in [-0.15, -0.1) is 0 Å². The van der Waals surface area contributed by atoms with Crippen LogP contribution in [0.25, 0.3) is 6.08 Å². The summed E-state index contributed by atoms with van der Waals surface area (Å²) in [6.07, 6.45) is 1.58. The molecule has 0 unspecified atom stereocenters. The number of amides is 3. The summed E-state index contributed by atoms with van der Waals surface area (Å²) < 4.78 is 25.0. The second-order valence-corrected chi connectivity index (χ2v) is 10.4. The molecule has 5 rings (SSSR count). The molecule has 3 aromatic rings. The smallest absolute Gasteiger partial charge is 0.294 e. The van der Waals surface area contributed by atoms with Crippen molar-refractivity contribution in [1.82, 2.24) is 4.90 Å². The van der Waals surface area contributed by atoms with E-state index < -0.39 is 29.4 Å². The Bertz CT molecular complexity index is 1440. The Kier molecular flexibility index (Phi) is 8.69. The fraction of sp³-hybridized carbons (Fsp3) is 0.207. The van der Waals surface area contributed by atoms with Crippen molar-refractivity contribution in [1.29, 1.82) is 0 Å². The van der Waals surface area contributed by atoms with Gasteiger partial charge in [0.25, 0.3) is 11.1 Å². The number of morpholine rings is 1. The predicted octanol–water partition coefficient (Wildman–Crippen LogP) is 5.57. The van der Waals surface area contributed by atoms with E-state index in [1.165, 1.54) is 12.1 Å². The van der Waals surface area contributed by atoms with Crippen LogP contribution < -0.4 is 15.0 Å². The van der Waals surface area contributed by atoms with Gasteiger partial charge >= 0.3 is 0 Å². The van der Waals surface area contributed by atoms with Gasteiger partial charge in [-0.05, 0) is 59.8 Å². The first kappa shape index (κ1) is 27.7. The number of para-hydroxylation sites is 2. The third kappa shape index (κ3) is 6.47. The molecule has 3 amide bonds. The van der Waals surface area contributed by atoms with Crippen LogP contribution in [0.1, 0.15) is 11.1 Å². The van der Waals surface area contributed by atoms with Crippen LogP contribution in [0.15, 0.2) is 71.6 Å². The first-order valence-corrected chi connectivity index (χ1v) is 13.7. The molecular weight excluding hydrogens is 557 g/mol. The topological polar surface area (TPSA) is 88.2 Å². The molecule has 2 aliphatic heterocycles. The molecule has 11 heteroatoms. The van der Waals surface area contributed by atoms with E-state index in [1.54, 1.807) is 42.5 Å². The Morgan fingerprint density at radius 1 is 1.05 bits per heavy atom. The number of thioether (sulfide) groups is 1. The van der Waals surface area contributed by atoms with Crippen LogP contribution in [0.5, 0.6) is 5.75 Å². The van der Waals surface area contributed by atoms with Gasteiger partial charge in [-0.1, -0.05) is 41.9 Å². The molecule has 0 saturated carbocycles. The number of hydrogen-bond donors (Lipinski definition) is 1. The Labute approximate surface area is 239 Å². The molecule has 2 heterocycles. The summed E-state index contributed by atoms with van der Waals surface area (Å²) >= 11 is 6.81. The van der Waals surface area contributed by atoms with Crippen molar-refractivity contribution in [2.24, 2.45) is 0 Å². The molecule has 0 aromatic heterocycles. The Morgan fingerprint density at radius 2 is 1.80 bits per heavy atom. The molecule has 206 valence electrons. The number of anilines is 2. The van der Waals surface area contributed by atoms with Gasteiger partial charge in [0.2, 0.25) is 5.91 Å². The monoisotopic (exact) mass is 581 g/mol. The number of nitrogens with zero attached hydrogens (tertiary/aromatic N) is 2. The number of carbonyl (C=O) groups excluding carboxylic acids is 3. The number of ether oxygens (including phenoxy) is 2. The normalized spacial score (nSPS) is 16.5. The van der Waals surface area contributed by atoms with Gasteiger partial charge in [0.1, 0.15) is 24.7 Å². The molecule has 0 atom stereocenters. The maximum atomic E-state index is 14.0. The molecule has 2 fully saturated rings. The summed E-state index contributed by atoms with van der Waals surface area (Å²) in [7, 11) is 0. The molecule has 3 aromatic carbocycles. The summed E-state index contributed by atoms with van der Waals surface area (Å²) in [4.78, 5) is 41.6. The Balaban J connectivity index is 1.20. The third-order valence-corrected chi connectivity index (χ3v) is 7.59. The van der Waals surface area contributed by atoms with E-state index in [0.717, 1.165) is 22.3 Å². The van der Waals surface area contributed by atoms with Gasteiger partial charge in [-0.3, -0.25) is 19.3 Å². The van der Waals surface area contributed by atoms with E-state index in [0.29, 0.717) is 43.3 Å². The van der Waals surface area contributed by atoms with Crippen molar-refractivity contribution >= 4 is 57.9 Å². The molecule has 40 heavy (non-hydrogen) atoms. The van der Waals surface area contributed by atoms with E-state index in [9.17, 15) is 18.8 Å². The zero-order chi connectivity index (χ0) is 28.1. The van der Waals surface area contributed by atoms with Crippen LogP contribution in [0.4, 0.5) is 20.6 Å². The lowest BCUT2D eigenvalue weighted by atomic mass is 10.2. The number of nitrogens with one attached hydrogen (secondary N) is 1. The van der Waals surface area contributed by atoms with E-state index >= 15 is 0 Å². The molecule has 2 saturated heterocycles. The van der Waals surface area contributed by atoms with Crippen LogP contribution >= 0.6 is 23.4 Å². The number of carbonyl (C=O) groups is 3.